The molecule has 3 aromatic heterocycles. The molecule has 2 saturated heterocycles. The number of halogens is 1. The Morgan fingerprint density at radius 2 is 1.98 bits per heavy atom. The minimum absolute atomic E-state index is 0.0343. The summed E-state index contributed by atoms with van der Waals surface area (Å²) < 4.78 is 27.7. The number of rotatable bonds is 8. The Labute approximate surface area is 249 Å². The van der Waals surface area contributed by atoms with Crippen molar-refractivity contribution in [2.45, 2.75) is 44.7 Å². The lowest BCUT2D eigenvalue weighted by Gasteiger charge is -2.35. The topological polar surface area (TPSA) is 119 Å². The number of anilines is 3. The molecule has 2 N–H and O–H groups in total. The fourth-order valence-corrected chi connectivity index (χ4v) is 5.80. The first-order chi connectivity index (χ1) is 21.0. The lowest BCUT2D eigenvalue weighted by Crippen LogP contribution is -2.47. The van der Waals surface area contributed by atoms with Gasteiger partial charge in [-0.2, -0.15) is 5.10 Å². The van der Waals surface area contributed by atoms with E-state index in [0.29, 0.717) is 30.0 Å². The van der Waals surface area contributed by atoms with Crippen LogP contribution in [0.2, 0.25) is 0 Å². The fourth-order valence-electron chi connectivity index (χ4n) is 5.80. The highest BCUT2D eigenvalue weighted by atomic mass is 19.1. The van der Waals surface area contributed by atoms with Gasteiger partial charge in [0.2, 0.25) is 5.91 Å². The van der Waals surface area contributed by atoms with E-state index in [4.69, 9.17) is 19.6 Å². The van der Waals surface area contributed by atoms with Crippen molar-refractivity contribution in [1.82, 2.24) is 30.0 Å². The molecule has 0 aliphatic carbocycles. The zero-order valence-corrected chi connectivity index (χ0v) is 24.3. The standard InChI is InChI=1S/C31H35FN8O3/c1-20(41)36-22-5-4-12-39(19-22)26-15-29(34-17-24(26)21-16-35-40(18-21)23-9-13-43-14-10-23)37-28-8-11-33-31(38-28)30-25(32)6-3-7-27(30)42-2/h3,6-8,11,15-18,22-23H,4-5,9-10,12-14,19H2,1-2H3,(H,36,41)(H,33,34,37,38). The Kier molecular flexibility index (Phi) is 8.45. The van der Waals surface area contributed by atoms with E-state index >= 15 is 0 Å². The van der Waals surface area contributed by atoms with E-state index in [1.807, 2.05) is 23.1 Å². The van der Waals surface area contributed by atoms with Gasteiger partial charge in [0.15, 0.2) is 5.82 Å². The van der Waals surface area contributed by atoms with Gasteiger partial charge in [-0.15, -0.1) is 0 Å². The number of carbonyl (C=O) groups is 1. The monoisotopic (exact) mass is 586 g/mol. The molecule has 1 aromatic carbocycles. The average Bonchev–Trinajstić information content (AvgIpc) is 3.52. The van der Waals surface area contributed by atoms with Crippen LogP contribution in [0.5, 0.6) is 5.75 Å². The maximum atomic E-state index is 14.7. The first-order valence-corrected chi connectivity index (χ1v) is 14.6. The molecule has 4 aromatic rings. The summed E-state index contributed by atoms with van der Waals surface area (Å²) in [6.07, 6.45) is 11.1. The van der Waals surface area contributed by atoms with Gasteiger partial charge in [-0.1, -0.05) is 6.07 Å². The summed E-state index contributed by atoms with van der Waals surface area (Å²) in [4.78, 5) is 27.7. The van der Waals surface area contributed by atoms with Crippen LogP contribution in [0.3, 0.4) is 0 Å². The Hall–Kier alpha value is -4.58. The molecule has 0 radical (unpaired) electrons. The number of amides is 1. The third-order valence-corrected chi connectivity index (χ3v) is 7.86. The quantitative estimate of drug-likeness (QED) is 0.301. The van der Waals surface area contributed by atoms with Gasteiger partial charge in [0.1, 0.15) is 23.2 Å². The molecule has 1 amide bonds. The van der Waals surface area contributed by atoms with Crippen LogP contribution in [0.15, 0.2) is 55.1 Å². The third-order valence-electron chi connectivity index (χ3n) is 7.86. The molecule has 0 spiro atoms. The van der Waals surface area contributed by atoms with Gasteiger partial charge in [0.25, 0.3) is 0 Å². The van der Waals surface area contributed by atoms with Crippen LogP contribution in [0.1, 0.15) is 38.6 Å². The molecule has 5 heterocycles. The van der Waals surface area contributed by atoms with Crippen molar-refractivity contribution in [1.29, 1.82) is 0 Å². The number of piperidine rings is 1. The van der Waals surface area contributed by atoms with Gasteiger partial charge in [0.05, 0.1) is 30.6 Å². The Morgan fingerprint density at radius 1 is 1.12 bits per heavy atom. The molecule has 6 rings (SSSR count). The molecule has 0 bridgehead atoms. The number of hydrogen-bond acceptors (Lipinski definition) is 9. The molecular formula is C31H35FN8O3. The lowest BCUT2D eigenvalue weighted by atomic mass is 10.0. The van der Waals surface area contributed by atoms with Gasteiger partial charge in [-0.25, -0.2) is 19.3 Å². The molecule has 11 nitrogen and oxygen atoms in total. The summed E-state index contributed by atoms with van der Waals surface area (Å²) in [5.41, 5.74) is 3.09. The van der Waals surface area contributed by atoms with Crippen molar-refractivity contribution in [2.75, 3.05) is 43.6 Å². The van der Waals surface area contributed by atoms with E-state index in [1.54, 1.807) is 31.3 Å². The molecule has 2 aliphatic rings. The highest BCUT2D eigenvalue weighted by Crippen LogP contribution is 2.36. The summed E-state index contributed by atoms with van der Waals surface area (Å²) in [7, 11) is 1.48. The molecule has 1 atom stereocenters. The normalized spacial score (nSPS) is 17.5. The van der Waals surface area contributed by atoms with Crippen LogP contribution in [-0.4, -0.2) is 70.1 Å². The van der Waals surface area contributed by atoms with Crippen molar-refractivity contribution < 1.29 is 18.7 Å². The van der Waals surface area contributed by atoms with Gasteiger partial charge in [-0.3, -0.25) is 9.48 Å². The highest BCUT2D eigenvalue weighted by molar-refractivity contribution is 5.80. The highest BCUT2D eigenvalue weighted by Gasteiger charge is 2.25. The molecule has 2 fully saturated rings. The molecular weight excluding hydrogens is 551 g/mol. The number of nitrogens with one attached hydrogen (secondary N) is 2. The zero-order valence-electron chi connectivity index (χ0n) is 24.3. The second-order valence-electron chi connectivity index (χ2n) is 10.8. The van der Waals surface area contributed by atoms with E-state index in [9.17, 15) is 9.18 Å². The number of carbonyl (C=O) groups excluding carboxylic acids is 1. The maximum absolute atomic E-state index is 14.7. The first kappa shape index (κ1) is 28.5. The summed E-state index contributed by atoms with van der Waals surface area (Å²) in [6, 6.07) is 8.65. The van der Waals surface area contributed by atoms with Crippen molar-refractivity contribution in [3.63, 3.8) is 0 Å². The summed E-state index contributed by atoms with van der Waals surface area (Å²) in [5, 5.41) is 11.0. The zero-order chi connectivity index (χ0) is 29.8. The summed E-state index contributed by atoms with van der Waals surface area (Å²) in [6.45, 7) is 4.54. The van der Waals surface area contributed by atoms with Crippen LogP contribution in [0.25, 0.3) is 22.5 Å². The predicted molar refractivity (Wildman–Crippen MR) is 161 cm³/mol. The van der Waals surface area contributed by atoms with E-state index in [2.05, 4.69) is 31.7 Å². The van der Waals surface area contributed by atoms with Crippen LogP contribution >= 0.6 is 0 Å². The Bertz CT molecular complexity index is 1590. The Morgan fingerprint density at radius 3 is 2.79 bits per heavy atom. The number of aromatic nitrogens is 5. The van der Waals surface area contributed by atoms with E-state index in [-0.39, 0.29) is 23.3 Å². The van der Waals surface area contributed by atoms with Crippen molar-refractivity contribution in [2.24, 2.45) is 0 Å². The van der Waals surface area contributed by atoms with Crippen molar-refractivity contribution in [3.05, 3.63) is 60.9 Å². The van der Waals surface area contributed by atoms with E-state index in [0.717, 1.165) is 62.3 Å². The van der Waals surface area contributed by atoms with E-state index < -0.39 is 5.82 Å². The summed E-state index contributed by atoms with van der Waals surface area (Å²) in [5.74, 6) is 1.08. The number of benzene rings is 1. The van der Waals surface area contributed by atoms with Crippen molar-refractivity contribution >= 4 is 23.2 Å². The molecule has 0 saturated carbocycles. The number of methoxy groups -OCH3 is 1. The maximum Gasteiger partial charge on any atom is 0.217 e. The molecule has 43 heavy (non-hydrogen) atoms. The van der Waals surface area contributed by atoms with Gasteiger partial charge in [0, 0.05) is 75.1 Å². The second kappa shape index (κ2) is 12.7. The SMILES string of the molecule is COc1cccc(F)c1-c1nccc(Nc2cc(N3CCCC(NC(C)=O)C3)c(-c3cnn(C4CCOCC4)c3)cn2)n1. The van der Waals surface area contributed by atoms with E-state index in [1.165, 1.54) is 13.2 Å². The second-order valence-corrected chi connectivity index (χ2v) is 10.8. The van der Waals surface area contributed by atoms with Gasteiger partial charge < -0.3 is 25.0 Å². The molecule has 12 heteroatoms. The van der Waals surface area contributed by atoms with Crippen LogP contribution in [0.4, 0.5) is 21.7 Å². The van der Waals surface area contributed by atoms with Crippen LogP contribution in [-0.2, 0) is 9.53 Å². The number of pyridine rings is 1. The first-order valence-electron chi connectivity index (χ1n) is 14.6. The van der Waals surface area contributed by atoms with Crippen LogP contribution < -0.4 is 20.3 Å². The summed E-state index contributed by atoms with van der Waals surface area (Å²) >= 11 is 0. The smallest absolute Gasteiger partial charge is 0.217 e. The molecule has 2 aliphatic heterocycles. The largest absolute Gasteiger partial charge is 0.496 e. The van der Waals surface area contributed by atoms with Crippen molar-refractivity contribution in [3.8, 4) is 28.3 Å². The predicted octanol–water partition coefficient (Wildman–Crippen LogP) is 4.75. The third kappa shape index (κ3) is 6.43. The minimum atomic E-state index is -0.471. The number of hydrogen-bond donors (Lipinski definition) is 2. The average molecular weight is 587 g/mol. The van der Waals surface area contributed by atoms with Crippen LogP contribution in [0, 0.1) is 5.82 Å². The lowest BCUT2D eigenvalue weighted by molar-refractivity contribution is -0.119. The van der Waals surface area contributed by atoms with Gasteiger partial charge >= 0.3 is 0 Å². The molecule has 1 unspecified atom stereocenters. The number of ether oxygens (including phenoxy) is 2. The fraction of sp³-hybridized carbons (Fsp3) is 0.387. The Balaban J connectivity index is 1.33. The van der Waals surface area contributed by atoms with Gasteiger partial charge in [-0.05, 0) is 43.9 Å². The number of nitrogens with zero attached hydrogens (tertiary/aromatic N) is 6. The minimum Gasteiger partial charge on any atom is -0.496 e. The molecule has 224 valence electrons.